The van der Waals surface area contributed by atoms with Crippen LogP contribution in [0, 0.1) is 29.6 Å². The fraction of sp³-hybridized carbons (Fsp3) is 0.864. The van der Waals surface area contributed by atoms with Gasteiger partial charge in [0.05, 0.1) is 18.3 Å². The number of Topliss-reactive ketones (excluding diaryl/α,β-unsaturated/α-hetero) is 1. The Labute approximate surface area is 159 Å². The van der Waals surface area contributed by atoms with Gasteiger partial charge in [0.1, 0.15) is 5.78 Å². The summed E-state index contributed by atoms with van der Waals surface area (Å²) in [6.45, 7) is 14.9. The molecule has 1 N–H and O–H groups in total. The van der Waals surface area contributed by atoms with E-state index < -0.39 is 5.79 Å². The zero-order valence-corrected chi connectivity index (χ0v) is 17.6. The van der Waals surface area contributed by atoms with Gasteiger partial charge in [0, 0.05) is 24.2 Å². The number of aliphatic hydroxyl groups is 1. The van der Waals surface area contributed by atoms with Crippen LogP contribution in [-0.2, 0) is 14.3 Å². The second-order valence-corrected chi connectivity index (χ2v) is 8.71. The highest BCUT2D eigenvalue weighted by Gasteiger charge is 2.60. The van der Waals surface area contributed by atoms with Gasteiger partial charge < -0.3 is 14.6 Å². The van der Waals surface area contributed by atoms with Crippen LogP contribution >= 0.6 is 0 Å². The van der Waals surface area contributed by atoms with Gasteiger partial charge in [0.25, 0.3) is 0 Å². The number of hydrogen-bond donors (Lipinski definition) is 1. The van der Waals surface area contributed by atoms with Crippen LogP contribution in [0.5, 0.6) is 0 Å². The van der Waals surface area contributed by atoms with Gasteiger partial charge in [-0.05, 0) is 38.5 Å². The molecule has 4 heteroatoms. The molecule has 8 atom stereocenters. The van der Waals surface area contributed by atoms with E-state index in [1.54, 1.807) is 0 Å². The van der Waals surface area contributed by atoms with Gasteiger partial charge in [0.2, 0.25) is 0 Å². The second-order valence-electron chi connectivity index (χ2n) is 8.71. The summed E-state index contributed by atoms with van der Waals surface area (Å²) in [7, 11) is 0. The third-order valence-corrected chi connectivity index (χ3v) is 6.95. The highest BCUT2D eigenvalue weighted by atomic mass is 16.6. The molecule has 0 amide bonds. The smallest absolute Gasteiger partial charge is 0.165 e. The van der Waals surface area contributed by atoms with Crippen LogP contribution in [0.1, 0.15) is 67.7 Å². The van der Waals surface area contributed by atoms with Crippen molar-refractivity contribution in [1.29, 1.82) is 0 Å². The highest BCUT2D eigenvalue weighted by Crippen LogP contribution is 2.51. The quantitative estimate of drug-likeness (QED) is 0.512. The van der Waals surface area contributed by atoms with E-state index in [0.717, 1.165) is 6.42 Å². The number of ketones is 1. The molecule has 2 aliphatic heterocycles. The van der Waals surface area contributed by atoms with Gasteiger partial charge >= 0.3 is 0 Å². The summed E-state index contributed by atoms with van der Waals surface area (Å²) < 4.78 is 11.8. The van der Waals surface area contributed by atoms with Gasteiger partial charge in [-0.1, -0.05) is 46.8 Å². The van der Waals surface area contributed by atoms with Gasteiger partial charge in [-0.15, -0.1) is 0 Å². The van der Waals surface area contributed by atoms with Crippen molar-refractivity contribution < 1.29 is 19.4 Å². The molecular formula is C22H38O4. The van der Waals surface area contributed by atoms with Gasteiger partial charge in [-0.25, -0.2) is 0 Å². The first-order valence-electron chi connectivity index (χ1n) is 10.3. The maximum absolute atomic E-state index is 13.3. The zero-order chi connectivity index (χ0) is 19.7. The number of hydrogen-bond acceptors (Lipinski definition) is 4. The average molecular weight is 367 g/mol. The first-order valence-corrected chi connectivity index (χ1v) is 10.3. The second kappa shape index (κ2) is 8.12. The number of carbonyl (C=O) groups is 1. The number of rotatable bonds is 8. The maximum atomic E-state index is 13.3. The van der Waals surface area contributed by atoms with Crippen molar-refractivity contribution in [1.82, 2.24) is 0 Å². The van der Waals surface area contributed by atoms with Crippen LogP contribution in [0.15, 0.2) is 12.2 Å². The highest BCUT2D eigenvalue weighted by molar-refractivity contribution is 5.84. The first-order chi connectivity index (χ1) is 12.1. The Morgan fingerprint density at radius 2 is 2.00 bits per heavy atom. The SMILES string of the molecule is C/C=C\[C@H](C)[C@H]1OC1(C)[C@@H](C)[C@@H](CC)C(=O)[C@@H]1COC(O)(CC)C[C@@H]1C. The zero-order valence-electron chi connectivity index (χ0n) is 17.6. The molecular weight excluding hydrogens is 328 g/mol. The molecule has 0 bridgehead atoms. The Morgan fingerprint density at radius 3 is 2.50 bits per heavy atom. The lowest BCUT2D eigenvalue weighted by molar-refractivity contribution is -0.247. The van der Waals surface area contributed by atoms with Crippen molar-refractivity contribution in [2.75, 3.05) is 6.61 Å². The lowest BCUT2D eigenvalue weighted by atomic mass is 9.71. The van der Waals surface area contributed by atoms with Crippen molar-refractivity contribution in [3.8, 4) is 0 Å². The minimum Gasteiger partial charge on any atom is -0.365 e. The van der Waals surface area contributed by atoms with Crippen LogP contribution in [-0.4, -0.2) is 35.0 Å². The molecule has 0 aromatic rings. The molecule has 0 aromatic heterocycles. The summed E-state index contributed by atoms with van der Waals surface area (Å²) in [6, 6.07) is 0. The lowest BCUT2D eigenvalue weighted by Crippen LogP contribution is -2.48. The number of ether oxygens (including phenoxy) is 2. The normalized spacial score (nSPS) is 41.0. The Hall–Kier alpha value is -0.710. The number of allylic oxidation sites excluding steroid dienone is 1. The van der Waals surface area contributed by atoms with E-state index >= 15 is 0 Å². The molecule has 2 fully saturated rings. The topological polar surface area (TPSA) is 59.1 Å². The Morgan fingerprint density at radius 1 is 1.35 bits per heavy atom. The van der Waals surface area contributed by atoms with Crippen molar-refractivity contribution in [2.24, 2.45) is 29.6 Å². The van der Waals surface area contributed by atoms with Crippen LogP contribution in [0.2, 0.25) is 0 Å². The summed E-state index contributed by atoms with van der Waals surface area (Å²) in [5, 5.41) is 10.4. The Kier molecular flexibility index (Phi) is 6.74. The molecule has 26 heavy (non-hydrogen) atoms. The summed E-state index contributed by atoms with van der Waals surface area (Å²) in [5.41, 5.74) is -0.238. The van der Waals surface area contributed by atoms with E-state index in [4.69, 9.17) is 9.47 Å². The van der Waals surface area contributed by atoms with Crippen LogP contribution in [0.3, 0.4) is 0 Å². The van der Waals surface area contributed by atoms with Crippen molar-refractivity contribution >= 4 is 5.78 Å². The van der Waals surface area contributed by atoms with E-state index in [2.05, 4.69) is 46.8 Å². The molecule has 2 aliphatic rings. The molecule has 150 valence electrons. The van der Waals surface area contributed by atoms with E-state index in [0.29, 0.717) is 25.4 Å². The van der Waals surface area contributed by atoms with Crippen LogP contribution in [0.4, 0.5) is 0 Å². The maximum Gasteiger partial charge on any atom is 0.165 e. The molecule has 0 aromatic carbocycles. The molecule has 4 nitrogen and oxygen atoms in total. The summed E-state index contributed by atoms with van der Waals surface area (Å²) in [6.07, 6.45) is 6.32. The Bertz CT molecular complexity index is 530. The molecule has 2 unspecified atom stereocenters. The summed E-state index contributed by atoms with van der Waals surface area (Å²) in [5.74, 6) is -0.307. The summed E-state index contributed by atoms with van der Waals surface area (Å²) >= 11 is 0. The molecule has 2 saturated heterocycles. The largest absolute Gasteiger partial charge is 0.365 e. The van der Waals surface area contributed by atoms with Crippen LogP contribution in [0.25, 0.3) is 0 Å². The van der Waals surface area contributed by atoms with E-state index in [1.165, 1.54) is 0 Å². The van der Waals surface area contributed by atoms with Crippen molar-refractivity contribution in [3.05, 3.63) is 12.2 Å². The van der Waals surface area contributed by atoms with Gasteiger partial charge in [0.15, 0.2) is 5.79 Å². The monoisotopic (exact) mass is 366 g/mol. The van der Waals surface area contributed by atoms with E-state index in [1.807, 2.05) is 13.8 Å². The fourth-order valence-electron chi connectivity index (χ4n) is 4.84. The lowest BCUT2D eigenvalue weighted by Gasteiger charge is -2.41. The molecule has 0 spiro atoms. The standard InChI is InChI=1S/C22H38O4/c1-8-11-14(4)20-21(7,26-20)16(6)17(9-2)19(23)18-13-25-22(24,10-3)12-15(18)5/h8,11,14-18,20,24H,9-10,12-13H2,1-7H3/b11-8-/t14-,15-,16-,17+,18+,20+,21?,22?/m0/s1. The van der Waals surface area contributed by atoms with E-state index in [-0.39, 0.29) is 41.2 Å². The third-order valence-electron chi connectivity index (χ3n) is 6.95. The minimum absolute atomic E-state index is 0.0355. The fourth-order valence-corrected chi connectivity index (χ4v) is 4.84. The number of epoxide rings is 1. The molecule has 0 radical (unpaired) electrons. The molecule has 0 aliphatic carbocycles. The first kappa shape index (κ1) is 21.6. The predicted molar refractivity (Wildman–Crippen MR) is 104 cm³/mol. The average Bonchev–Trinajstić information content (AvgIpc) is 3.29. The summed E-state index contributed by atoms with van der Waals surface area (Å²) in [4.78, 5) is 13.3. The molecule has 0 saturated carbocycles. The molecule has 2 heterocycles. The van der Waals surface area contributed by atoms with Crippen molar-refractivity contribution in [3.63, 3.8) is 0 Å². The molecule has 2 rings (SSSR count). The number of carbonyl (C=O) groups excluding carboxylic acids is 1. The van der Waals surface area contributed by atoms with E-state index in [9.17, 15) is 9.90 Å². The van der Waals surface area contributed by atoms with Crippen molar-refractivity contribution in [2.45, 2.75) is 85.2 Å². The van der Waals surface area contributed by atoms with Gasteiger partial charge in [-0.2, -0.15) is 0 Å². The Balaban J connectivity index is 2.07. The minimum atomic E-state index is -1.07. The predicted octanol–water partition coefficient (Wildman–Crippen LogP) is 4.36. The third kappa shape index (κ3) is 4.07. The van der Waals surface area contributed by atoms with Gasteiger partial charge in [-0.3, -0.25) is 4.79 Å². The van der Waals surface area contributed by atoms with Crippen LogP contribution < -0.4 is 0 Å².